The van der Waals surface area contributed by atoms with Crippen LogP contribution in [0.2, 0.25) is 0 Å². The number of phenols is 1. The molecule has 0 saturated heterocycles. The van der Waals surface area contributed by atoms with E-state index in [1.165, 1.54) is 18.0 Å². The first-order valence-corrected chi connectivity index (χ1v) is 6.07. The lowest BCUT2D eigenvalue weighted by Crippen LogP contribution is -2.26. The van der Waals surface area contributed by atoms with Crippen molar-refractivity contribution in [2.24, 2.45) is 0 Å². The Morgan fingerprint density at radius 3 is 2.29 bits per heavy atom. The van der Waals surface area contributed by atoms with Crippen molar-refractivity contribution < 1.29 is 23.1 Å². The van der Waals surface area contributed by atoms with Crippen LogP contribution in [0, 0.1) is 17.5 Å². The number of hydrogen-bond donors (Lipinski definition) is 1. The van der Waals surface area contributed by atoms with Crippen molar-refractivity contribution in [3.8, 4) is 5.75 Å². The van der Waals surface area contributed by atoms with Gasteiger partial charge >= 0.3 is 0 Å². The number of benzene rings is 2. The first-order valence-electron chi connectivity index (χ1n) is 6.07. The Bertz CT molecular complexity index is 665. The fraction of sp³-hybridized carbons (Fsp3) is 0.133. The first-order chi connectivity index (χ1) is 9.90. The van der Waals surface area contributed by atoms with Crippen LogP contribution < -0.4 is 0 Å². The second kappa shape index (κ2) is 5.87. The van der Waals surface area contributed by atoms with Crippen LogP contribution >= 0.6 is 0 Å². The molecule has 0 saturated carbocycles. The molecule has 2 rings (SSSR count). The van der Waals surface area contributed by atoms with Crippen molar-refractivity contribution in [3.63, 3.8) is 0 Å². The van der Waals surface area contributed by atoms with Gasteiger partial charge < -0.3 is 10.0 Å². The van der Waals surface area contributed by atoms with Crippen molar-refractivity contribution >= 4 is 5.91 Å². The third kappa shape index (κ3) is 3.16. The number of hydrogen-bond acceptors (Lipinski definition) is 2. The van der Waals surface area contributed by atoms with Crippen molar-refractivity contribution in [1.82, 2.24) is 4.90 Å². The zero-order chi connectivity index (χ0) is 15.6. The van der Waals surface area contributed by atoms with Gasteiger partial charge in [-0.15, -0.1) is 0 Å². The standard InChI is InChI=1S/C15H12F3NO2/c1-19(8-9-4-2-3-5-13(9)20)15(21)10-6-11(16)14(18)12(17)7-10/h2-7,20H,8H2,1H3. The van der Waals surface area contributed by atoms with E-state index in [0.29, 0.717) is 17.7 Å². The summed E-state index contributed by atoms with van der Waals surface area (Å²) in [7, 11) is 1.41. The molecule has 21 heavy (non-hydrogen) atoms. The van der Waals surface area contributed by atoms with Gasteiger partial charge in [-0.2, -0.15) is 0 Å². The molecule has 2 aromatic carbocycles. The lowest BCUT2D eigenvalue weighted by molar-refractivity contribution is 0.0783. The van der Waals surface area contributed by atoms with Gasteiger partial charge in [0.1, 0.15) is 5.75 Å². The number of rotatable bonds is 3. The summed E-state index contributed by atoms with van der Waals surface area (Å²) in [4.78, 5) is 13.2. The molecule has 0 fully saturated rings. The number of carbonyl (C=O) groups is 1. The van der Waals surface area contributed by atoms with Crippen LogP contribution in [0.1, 0.15) is 15.9 Å². The normalized spacial score (nSPS) is 10.5. The number of amides is 1. The van der Waals surface area contributed by atoms with Crippen LogP contribution in [-0.4, -0.2) is 23.0 Å². The minimum Gasteiger partial charge on any atom is -0.508 e. The highest BCUT2D eigenvalue weighted by Gasteiger charge is 2.18. The maximum absolute atomic E-state index is 13.1. The topological polar surface area (TPSA) is 40.5 Å². The van der Waals surface area contributed by atoms with Gasteiger partial charge in [0.05, 0.1) is 0 Å². The number of halogens is 3. The summed E-state index contributed by atoms with van der Waals surface area (Å²) < 4.78 is 39.1. The molecule has 1 N–H and O–H groups in total. The summed E-state index contributed by atoms with van der Waals surface area (Å²) in [6.07, 6.45) is 0. The number of phenolic OH excluding ortho intramolecular Hbond substituents is 1. The van der Waals surface area contributed by atoms with E-state index in [1.54, 1.807) is 18.2 Å². The third-order valence-corrected chi connectivity index (χ3v) is 2.98. The smallest absolute Gasteiger partial charge is 0.254 e. The summed E-state index contributed by atoms with van der Waals surface area (Å²) in [6, 6.07) is 7.68. The fourth-order valence-corrected chi connectivity index (χ4v) is 1.87. The van der Waals surface area contributed by atoms with Crippen LogP contribution in [0.4, 0.5) is 13.2 Å². The number of para-hydroxylation sites is 1. The molecule has 110 valence electrons. The molecule has 0 aliphatic rings. The van der Waals surface area contributed by atoms with Crippen LogP contribution in [0.5, 0.6) is 5.75 Å². The Morgan fingerprint density at radius 1 is 1.14 bits per heavy atom. The van der Waals surface area contributed by atoms with Gasteiger partial charge in [0.15, 0.2) is 17.5 Å². The molecule has 0 heterocycles. The Balaban J connectivity index is 2.22. The Kier molecular flexibility index (Phi) is 4.16. The van der Waals surface area contributed by atoms with Crippen molar-refractivity contribution in [2.75, 3.05) is 7.05 Å². The van der Waals surface area contributed by atoms with Crippen molar-refractivity contribution in [2.45, 2.75) is 6.54 Å². The second-order valence-corrected chi connectivity index (χ2v) is 4.54. The first kappa shape index (κ1) is 14.9. The van der Waals surface area contributed by atoms with E-state index in [4.69, 9.17) is 0 Å². The predicted octanol–water partition coefficient (Wildman–Crippen LogP) is 3.08. The van der Waals surface area contributed by atoms with Crippen LogP contribution in [0.25, 0.3) is 0 Å². The zero-order valence-electron chi connectivity index (χ0n) is 11.1. The van der Waals surface area contributed by atoms with Gasteiger partial charge in [-0.3, -0.25) is 4.79 Å². The molecule has 0 spiro atoms. The van der Waals surface area contributed by atoms with Gasteiger partial charge in [-0.25, -0.2) is 13.2 Å². The average Bonchev–Trinajstić information content (AvgIpc) is 2.45. The van der Waals surface area contributed by atoms with E-state index >= 15 is 0 Å². The number of aromatic hydroxyl groups is 1. The molecular weight excluding hydrogens is 283 g/mol. The summed E-state index contributed by atoms with van der Waals surface area (Å²) in [6.45, 7) is 0.0477. The maximum atomic E-state index is 13.1. The average molecular weight is 295 g/mol. The summed E-state index contributed by atoms with van der Waals surface area (Å²) in [5, 5.41) is 9.63. The van der Waals surface area contributed by atoms with E-state index in [0.717, 1.165) is 0 Å². The largest absolute Gasteiger partial charge is 0.508 e. The molecule has 6 heteroatoms. The van der Waals surface area contributed by atoms with E-state index in [9.17, 15) is 23.1 Å². The fourth-order valence-electron chi connectivity index (χ4n) is 1.87. The Labute approximate surface area is 119 Å². The van der Waals surface area contributed by atoms with Gasteiger partial charge in [0.25, 0.3) is 5.91 Å². The molecule has 0 aliphatic heterocycles. The minimum atomic E-state index is -1.62. The molecule has 0 aromatic heterocycles. The lowest BCUT2D eigenvalue weighted by atomic mass is 10.1. The molecule has 0 radical (unpaired) electrons. The summed E-state index contributed by atoms with van der Waals surface area (Å²) in [5.41, 5.74) is 0.181. The number of carbonyl (C=O) groups excluding carboxylic acids is 1. The highest BCUT2D eigenvalue weighted by molar-refractivity contribution is 5.94. The molecule has 3 nitrogen and oxygen atoms in total. The molecule has 0 bridgehead atoms. The summed E-state index contributed by atoms with van der Waals surface area (Å²) in [5.74, 6) is -5.14. The van der Waals surface area contributed by atoms with Crippen LogP contribution in [-0.2, 0) is 6.54 Å². The van der Waals surface area contributed by atoms with Gasteiger partial charge in [0, 0.05) is 24.7 Å². The quantitative estimate of drug-likeness (QED) is 0.884. The van der Waals surface area contributed by atoms with Gasteiger partial charge in [0.2, 0.25) is 0 Å². The van der Waals surface area contributed by atoms with E-state index in [2.05, 4.69) is 0 Å². The molecule has 2 aromatic rings. The highest BCUT2D eigenvalue weighted by atomic mass is 19.2. The third-order valence-electron chi connectivity index (χ3n) is 2.98. The monoisotopic (exact) mass is 295 g/mol. The van der Waals surface area contributed by atoms with Crippen LogP contribution in [0.3, 0.4) is 0 Å². The summed E-state index contributed by atoms with van der Waals surface area (Å²) >= 11 is 0. The molecule has 1 amide bonds. The molecule has 0 atom stereocenters. The predicted molar refractivity (Wildman–Crippen MR) is 70.2 cm³/mol. The van der Waals surface area contributed by atoms with Crippen molar-refractivity contribution in [3.05, 3.63) is 65.0 Å². The SMILES string of the molecule is CN(Cc1ccccc1O)C(=O)c1cc(F)c(F)c(F)c1. The number of nitrogens with zero attached hydrogens (tertiary/aromatic N) is 1. The maximum Gasteiger partial charge on any atom is 0.254 e. The Hall–Kier alpha value is -2.50. The molecular formula is C15H12F3NO2. The Morgan fingerprint density at radius 2 is 1.71 bits per heavy atom. The second-order valence-electron chi connectivity index (χ2n) is 4.54. The van der Waals surface area contributed by atoms with Gasteiger partial charge in [-0.1, -0.05) is 18.2 Å². The highest BCUT2D eigenvalue weighted by Crippen LogP contribution is 2.19. The van der Waals surface area contributed by atoms with Crippen LogP contribution in [0.15, 0.2) is 36.4 Å². The minimum absolute atomic E-state index is 0.00798. The lowest BCUT2D eigenvalue weighted by Gasteiger charge is -2.18. The van der Waals surface area contributed by atoms with E-state index < -0.39 is 23.4 Å². The van der Waals surface area contributed by atoms with Crippen molar-refractivity contribution in [1.29, 1.82) is 0 Å². The molecule has 0 aliphatic carbocycles. The zero-order valence-corrected chi connectivity index (χ0v) is 11.1. The van der Waals surface area contributed by atoms with E-state index in [1.807, 2.05) is 0 Å². The van der Waals surface area contributed by atoms with E-state index in [-0.39, 0.29) is 17.9 Å². The molecule has 0 unspecified atom stereocenters. The van der Waals surface area contributed by atoms with Gasteiger partial charge in [-0.05, 0) is 18.2 Å².